The summed E-state index contributed by atoms with van der Waals surface area (Å²) in [6, 6.07) is 9.11. The van der Waals surface area contributed by atoms with Crippen LogP contribution in [0.2, 0.25) is 0 Å². The molecule has 0 saturated carbocycles. The number of hydrogen-bond acceptors (Lipinski definition) is 2. The predicted molar refractivity (Wildman–Crippen MR) is 96.7 cm³/mol. The van der Waals surface area contributed by atoms with Gasteiger partial charge < -0.3 is 5.32 Å². The van der Waals surface area contributed by atoms with E-state index in [0.717, 1.165) is 13.0 Å². The molecule has 1 atom stereocenters. The molecule has 1 saturated heterocycles. The second kappa shape index (κ2) is 7.96. The molecule has 1 aliphatic rings. The van der Waals surface area contributed by atoms with Crippen molar-refractivity contribution in [2.45, 2.75) is 64.8 Å². The van der Waals surface area contributed by atoms with E-state index in [1.807, 2.05) is 0 Å². The third-order valence-corrected chi connectivity index (χ3v) is 5.17. The Morgan fingerprint density at radius 1 is 1.22 bits per heavy atom. The van der Waals surface area contributed by atoms with Crippen LogP contribution in [0.25, 0.3) is 0 Å². The van der Waals surface area contributed by atoms with Gasteiger partial charge in [0.2, 0.25) is 5.91 Å². The van der Waals surface area contributed by atoms with Gasteiger partial charge in [-0.2, -0.15) is 0 Å². The average molecular weight is 316 g/mol. The van der Waals surface area contributed by atoms with Gasteiger partial charge in [-0.05, 0) is 57.2 Å². The molecule has 128 valence electrons. The van der Waals surface area contributed by atoms with E-state index in [2.05, 4.69) is 62.2 Å². The van der Waals surface area contributed by atoms with Gasteiger partial charge in [-0.25, -0.2) is 0 Å². The Bertz CT molecular complexity index is 501. The van der Waals surface area contributed by atoms with Crippen molar-refractivity contribution in [3.05, 3.63) is 35.4 Å². The minimum atomic E-state index is 0.0333. The summed E-state index contributed by atoms with van der Waals surface area (Å²) in [4.78, 5) is 14.6. The van der Waals surface area contributed by atoms with Crippen molar-refractivity contribution in [1.82, 2.24) is 10.2 Å². The highest BCUT2D eigenvalue weighted by molar-refractivity contribution is 5.76. The first-order chi connectivity index (χ1) is 10.9. The number of nitrogens with zero attached hydrogens (tertiary/aromatic N) is 1. The summed E-state index contributed by atoms with van der Waals surface area (Å²) >= 11 is 0. The molecule has 3 heteroatoms. The van der Waals surface area contributed by atoms with E-state index in [1.165, 1.54) is 37.1 Å². The standard InChI is InChI=1S/C20H32N2O/c1-16-7-9-18(10-8-16)20(3,4)12-11-19(23)21-15-17(2)22-13-5-6-14-22/h7-10,17H,5-6,11-15H2,1-4H3,(H,21,23). The van der Waals surface area contributed by atoms with Crippen molar-refractivity contribution in [2.24, 2.45) is 0 Å². The van der Waals surface area contributed by atoms with Crippen molar-refractivity contribution in [1.29, 1.82) is 0 Å². The summed E-state index contributed by atoms with van der Waals surface area (Å²) in [7, 11) is 0. The summed E-state index contributed by atoms with van der Waals surface area (Å²) in [5.74, 6) is 0.177. The molecule has 1 unspecified atom stereocenters. The topological polar surface area (TPSA) is 32.3 Å². The molecule has 1 N–H and O–H groups in total. The Balaban J connectivity index is 1.75. The SMILES string of the molecule is Cc1ccc(C(C)(C)CCC(=O)NCC(C)N2CCCC2)cc1. The first kappa shape index (κ1) is 18.0. The molecule has 0 bridgehead atoms. The van der Waals surface area contributed by atoms with Crippen LogP contribution in [-0.4, -0.2) is 36.5 Å². The third-order valence-electron chi connectivity index (χ3n) is 5.17. The van der Waals surface area contributed by atoms with Crippen LogP contribution in [0.4, 0.5) is 0 Å². The molecule has 1 aromatic carbocycles. The number of hydrogen-bond donors (Lipinski definition) is 1. The fraction of sp³-hybridized carbons (Fsp3) is 0.650. The quantitative estimate of drug-likeness (QED) is 0.833. The normalized spacial score (nSPS) is 17.2. The summed E-state index contributed by atoms with van der Waals surface area (Å²) < 4.78 is 0. The first-order valence-electron chi connectivity index (χ1n) is 8.96. The van der Waals surface area contributed by atoms with Gasteiger partial charge in [-0.1, -0.05) is 43.7 Å². The van der Waals surface area contributed by atoms with Gasteiger partial charge in [-0.3, -0.25) is 9.69 Å². The van der Waals surface area contributed by atoms with E-state index in [1.54, 1.807) is 0 Å². The van der Waals surface area contributed by atoms with Gasteiger partial charge in [-0.15, -0.1) is 0 Å². The van der Waals surface area contributed by atoms with E-state index >= 15 is 0 Å². The largest absolute Gasteiger partial charge is 0.355 e. The summed E-state index contributed by atoms with van der Waals surface area (Å²) in [5.41, 5.74) is 2.62. The first-order valence-corrected chi connectivity index (χ1v) is 8.96. The van der Waals surface area contributed by atoms with Crippen LogP contribution in [0.1, 0.15) is 57.6 Å². The molecule has 1 amide bonds. The molecular formula is C20H32N2O. The van der Waals surface area contributed by atoms with Gasteiger partial charge >= 0.3 is 0 Å². The van der Waals surface area contributed by atoms with Crippen LogP contribution in [0.5, 0.6) is 0 Å². The fourth-order valence-electron chi connectivity index (χ4n) is 3.24. The number of likely N-dealkylation sites (tertiary alicyclic amines) is 1. The molecule has 1 aromatic rings. The van der Waals surface area contributed by atoms with E-state index in [0.29, 0.717) is 12.5 Å². The van der Waals surface area contributed by atoms with Gasteiger partial charge in [0.25, 0.3) is 0 Å². The molecule has 1 fully saturated rings. The van der Waals surface area contributed by atoms with Crippen molar-refractivity contribution in [3.63, 3.8) is 0 Å². The second-order valence-electron chi connectivity index (χ2n) is 7.65. The minimum absolute atomic E-state index is 0.0333. The lowest BCUT2D eigenvalue weighted by Gasteiger charge is -2.26. The van der Waals surface area contributed by atoms with E-state index < -0.39 is 0 Å². The Morgan fingerprint density at radius 3 is 2.43 bits per heavy atom. The van der Waals surface area contributed by atoms with Crippen LogP contribution >= 0.6 is 0 Å². The summed E-state index contributed by atoms with van der Waals surface area (Å²) in [6.45, 7) is 11.9. The highest BCUT2D eigenvalue weighted by Crippen LogP contribution is 2.28. The predicted octanol–water partition coefficient (Wildman–Crippen LogP) is 3.65. The maximum Gasteiger partial charge on any atom is 0.220 e. The summed E-state index contributed by atoms with van der Waals surface area (Å²) in [5, 5.41) is 3.11. The zero-order chi connectivity index (χ0) is 16.9. The van der Waals surface area contributed by atoms with Crippen LogP contribution < -0.4 is 5.32 Å². The zero-order valence-corrected chi connectivity index (χ0v) is 15.2. The highest BCUT2D eigenvalue weighted by Gasteiger charge is 2.22. The molecule has 3 nitrogen and oxygen atoms in total. The molecule has 1 heterocycles. The molecule has 0 spiro atoms. The number of rotatable bonds is 7. The Hall–Kier alpha value is -1.35. The molecular weight excluding hydrogens is 284 g/mol. The molecule has 0 aliphatic carbocycles. The maximum atomic E-state index is 12.2. The molecule has 0 aromatic heterocycles. The zero-order valence-electron chi connectivity index (χ0n) is 15.2. The Kier molecular flexibility index (Phi) is 6.23. The number of benzene rings is 1. The van der Waals surface area contributed by atoms with Crippen LogP contribution in [0.15, 0.2) is 24.3 Å². The van der Waals surface area contributed by atoms with Gasteiger partial charge in [0.05, 0.1) is 0 Å². The number of aryl methyl sites for hydroxylation is 1. The van der Waals surface area contributed by atoms with E-state index in [9.17, 15) is 4.79 Å². The van der Waals surface area contributed by atoms with Gasteiger partial charge in [0, 0.05) is 19.0 Å². The van der Waals surface area contributed by atoms with Crippen LogP contribution in [0.3, 0.4) is 0 Å². The number of nitrogens with one attached hydrogen (secondary N) is 1. The number of amides is 1. The average Bonchev–Trinajstić information content (AvgIpc) is 3.05. The number of carbonyl (C=O) groups excluding carboxylic acids is 1. The molecule has 23 heavy (non-hydrogen) atoms. The van der Waals surface area contributed by atoms with Crippen molar-refractivity contribution < 1.29 is 4.79 Å². The smallest absolute Gasteiger partial charge is 0.220 e. The lowest BCUT2D eigenvalue weighted by molar-refractivity contribution is -0.121. The van der Waals surface area contributed by atoms with Gasteiger partial charge in [0.1, 0.15) is 0 Å². The van der Waals surface area contributed by atoms with Crippen molar-refractivity contribution in [3.8, 4) is 0 Å². The molecule has 2 rings (SSSR count). The number of carbonyl (C=O) groups is 1. The third kappa shape index (κ3) is 5.35. The van der Waals surface area contributed by atoms with E-state index in [-0.39, 0.29) is 11.3 Å². The Labute approximate surface area is 141 Å². The van der Waals surface area contributed by atoms with Crippen molar-refractivity contribution >= 4 is 5.91 Å². The van der Waals surface area contributed by atoms with Crippen molar-refractivity contribution in [2.75, 3.05) is 19.6 Å². The monoisotopic (exact) mass is 316 g/mol. The van der Waals surface area contributed by atoms with Gasteiger partial charge in [0.15, 0.2) is 0 Å². The van der Waals surface area contributed by atoms with Crippen LogP contribution in [0, 0.1) is 6.92 Å². The fourth-order valence-corrected chi connectivity index (χ4v) is 3.24. The van der Waals surface area contributed by atoms with Crippen LogP contribution in [-0.2, 0) is 10.2 Å². The molecule has 0 radical (unpaired) electrons. The maximum absolute atomic E-state index is 12.2. The lowest BCUT2D eigenvalue weighted by Crippen LogP contribution is -2.40. The lowest BCUT2D eigenvalue weighted by atomic mass is 9.80. The van der Waals surface area contributed by atoms with E-state index in [4.69, 9.17) is 0 Å². The highest BCUT2D eigenvalue weighted by atomic mass is 16.1. The summed E-state index contributed by atoms with van der Waals surface area (Å²) in [6.07, 6.45) is 4.06. The minimum Gasteiger partial charge on any atom is -0.355 e. The Morgan fingerprint density at radius 2 is 1.83 bits per heavy atom. The molecule has 1 aliphatic heterocycles. The second-order valence-corrected chi connectivity index (χ2v) is 7.65.